The number of carbonyl (C=O) groups is 2. The van der Waals surface area contributed by atoms with Crippen molar-refractivity contribution >= 4 is 29.8 Å². The molecule has 0 aromatic heterocycles. The molecule has 0 atom stereocenters. The first kappa shape index (κ1) is 15.7. The first-order valence-corrected chi connectivity index (χ1v) is 6.29. The van der Waals surface area contributed by atoms with Crippen molar-refractivity contribution in [3.8, 4) is 0 Å². The van der Waals surface area contributed by atoms with Crippen LogP contribution in [0.4, 0.5) is 5.69 Å². The first-order chi connectivity index (χ1) is 8.66. The van der Waals surface area contributed by atoms with E-state index in [0.29, 0.717) is 11.3 Å². The zero-order valence-electron chi connectivity index (χ0n) is 10.9. The molecule has 1 aliphatic heterocycles. The third-order valence-corrected chi connectivity index (χ3v) is 3.25. The predicted octanol–water partition coefficient (Wildman–Crippen LogP) is 2.25. The van der Waals surface area contributed by atoms with E-state index in [-0.39, 0.29) is 30.0 Å². The molecule has 2 rings (SSSR count). The van der Waals surface area contributed by atoms with Crippen LogP contribution in [-0.2, 0) is 4.79 Å². The van der Waals surface area contributed by atoms with Crippen molar-refractivity contribution in [1.82, 2.24) is 5.32 Å². The van der Waals surface area contributed by atoms with E-state index in [1.807, 2.05) is 6.07 Å². The van der Waals surface area contributed by atoms with Crippen molar-refractivity contribution in [2.45, 2.75) is 19.8 Å². The lowest BCUT2D eigenvalue weighted by Gasteiger charge is -2.21. The summed E-state index contributed by atoms with van der Waals surface area (Å²) in [6, 6.07) is 7.07. The number of nitrogens with one attached hydrogen (secondary N) is 2. The van der Waals surface area contributed by atoms with E-state index in [1.165, 1.54) is 6.92 Å². The van der Waals surface area contributed by atoms with Crippen LogP contribution < -0.4 is 10.6 Å². The van der Waals surface area contributed by atoms with Gasteiger partial charge in [0.2, 0.25) is 5.91 Å². The van der Waals surface area contributed by atoms with E-state index >= 15 is 0 Å². The molecular formula is C14H19ClN2O2. The lowest BCUT2D eigenvalue weighted by atomic mass is 9.97. The Balaban J connectivity index is 0.00000180. The summed E-state index contributed by atoms with van der Waals surface area (Å²) in [4.78, 5) is 23.3. The standard InChI is InChI=1S/C14H18N2O2.ClH/c1-10(17)12-3-2-4-13(9-12)16-14(18)11-5-7-15-8-6-11;/h2-4,9,11,15H,5-8H2,1H3,(H,16,18);1H. The number of hydrogen-bond donors (Lipinski definition) is 2. The minimum atomic E-state index is 0. The molecule has 0 bridgehead atoms. The summed E-state index contributed by atoms with van der Waals surface area (Å²) in [6.45, 7) is 3.31. The summed E-state index contributed by atoms with van der Waals surface area (Å²) < 4.78 is 0. The Morgan fingerprint density at radius 1 is 1.26 bits per heavy atom. The lowest BCUT2D eigenvalue weighted by Crippen LogP contribution is -2.34. The molecule has 1 aromatic carbocycles. The minimum Gasteiger partial charge on any atom is -0.326 e. The maximum absolute atomic E-state index is 12.0. The summed E-state index contributed by atoms with van der Waals surface area (Å²) in [5, 5.41) is 6.12. The van der Waals surface area contributed by atoms with Crippen LogP contribution >= 0.6 is 12.4 Å². The van der Waals surface area contributed by atoms with Crippen LogP contribution in [0.5, 0.6) is 0 Å². The van der Waals surface area contributed by atoms with Gasteiger partial charge >= 0.3 is 0 Å². The van der Waals surface area contributed by atoms with Crippen LogP contribution in [0.2, 0.25) is 0 Å². The highest BCUT2D eigenvalue weighted by molar-refractivity contribution is 5.97. The highest BCUT2D eigenvalue weighted by Gasteiger charge is 2.20. The molecular weight excluding hydrogens is 264 g/mol. The van der Waals surface area contributed by atoms with Gasteiger partial charge in [-0.3, -0.25) is 9.59 Å². The Bertz CT molecular complexity index is 457. The van der Waals surface area contributed by atoms with Gasteiger partial charge in [0, 0.05) is 17.2 Å². The largest absolute Gasteiger partial charge is 0.326 e. The van der Waals surface area contributed by atoms with Gasteiger partial charge in [0.25, 0.3) is 0 Å². The second-order valence-electron chi connectivity index (χ2n) is 4.65. The van der Waals surface area contributed by atoms with Crippen molar-refractivity contribution in [3.05, 3.63) is 29.8 Å². The van der Waals surface area contributed by atoms with E-state index in [2.05, 4.69) is 10.6 Å². The van der Waals surface area contributed by atoms with E-state index in [4.69, 9.17) is 0 Å². The van der Waals surface area contributed by atoms with Crippen LogP contribution in [0.3, 0.4) is 0 Å². The van der Waals surface area contributed by atoms with Crippen molar-refractivity contribution in [2.24, 2.45) is 5.92 Å². The van der Waals surface area contributed by atoms with Gasteiger partial charge in [0.05, 0.1) is 0 Å². The molecule has 1 aliphatic rings. The molecule has 1 saturated heterocycles. The topological polar surface area (TPSA) is 58.2 Å². The van der Waals surface area contributed by atoms with Crippen LogP contribution in [0, 0.1) is 5.92 Å². The number of amides is 1. The molecule has 1 aromatic rings. The van der Waals surface area contributed by atoms with Gasteiger partial charge in [-0.05, 0) is 45.0 Å². The molecule has 0 radical (unpaired) electrons. The van der Waals surface area contributed by atoms with E-state index in [1.54, 1.807) is 18.2 Å². The minimum absolute atomic E-state index is 0. The quantitative estimate of drug-likeness (QED) is 0.836. The van der Waals surface area contributed by atoms with Gasteiger partial charge in [0.1, 0.15) is 0 Å². The Morgan fingerprint density at radius 3 is 2.58 bits per heavy atom. The predicted molar refractivity (Wildman–Crippen MR) is 77.9 cm³/mol. The van der Waals surface area contributed by atoms with Crippen molar-refractivity contribution < 1.29 is 9.59 Å². The number of ketones is 1. The molecule has 19 heavy (non-hydrogen) atoms. The number of rotatable bonds is 3. The average Bonchev–Trinajstić information content (AvgIpc) is 2.40. The third kappa shape index (κ3) is 4.33. The van der Waals surface area contributed by atoms with Gasteiger partial charge in [-0.25, -0.2) is 0 Å². The SMILES string of the molecule is CC(=O)c1cccc(NC(=O)C2CCNCC2)c1.Cl. The van der Waals surface area contributed by atoms with Crippen molar-refractivity contribution in [2.75, 3.05) is 18.4 Å². The fourth-order valence-corrected chi connectivity index (χ4v) is 2.14. The Morgan fingerprint density at radius 2 is 1.95 bits per heavy atom. The summed E-state index contributed by atoms with van der Waals surface area (Å²) in [7, 11) is 0. The molecule has 1 fully saturated rings. The molecule has 0 aliphatic carbocycles. The van der Waals surface area contributed by atoms with Crippen LogP contribution in [-0.4, -0.2) is 24.8 Å². The molecule has 0 saturated carbocycles. The lowest BCUT2D eigenvalue weighted by molar-refractivity contribution is -0.120. The van der Waals surface area contributed by atoms with Crippen molar-refractivity contribution in [1.29, 1.82) is 0 Å². The van der Waals surface area contributed by atoms with Crippen LogP contribution in [0.25, 0.3) is 0 Å². The molecule has 1 heterocycles. The van der Waals surface area contributed by atoms with Gasteiger partial charge in [-0.15, -0.1) is 12.4 Å². The summed E-state index contributed by atoms with van der Waals surface area (Å²) in [5.74, 6) is 0.136. The summed E-state index contributed by atoms with van der Waals surface area (Å²) >= 11 is 0. The highest BCUT2D eigenvalue weighted by atomic mass is 35.5. The molecule has 104 valence electrons. The van der Waals surface area contributed by atoms with Gasteiger partial charge in [0.15, 0.2) is 5.78 Å². The fourth-order valence-electron chi connectivity index (χ4n) is 2.14. The molecule has 0 spiro atoms. The number of benzene rings is 1. The fraction of sp³-hybridized carbons (Fsp3) is 0.429. The zero-order chi connectivity index (χ0) is 13.0. The Kier molecular flexibility index (Phi) is 5.99. The third-order valence-electron chi connectivity index (χ3n) is 3.25. The average molecular weight is 283 g/mol. The van der Waals surface area contributed by atoms with Crippen LogP contribution in [0.1, 0.15) is 30.1 Å². The smallest absolute Gasteiger partial charge is 0.227 e. The maximum Gasteiger partial charge on any atom is 0.227 e. The molecule has 1 amide bonds. The number of carbonyl (C=O) groups excluding carboxylic acids is 2. The Labute approximate surface area is 119 Å². The number of hydrogen-bond acceptors (Lipinski definition) is 3. The normalized spacial score (nSPS) is 15.4. The van der Waals surface area contributed by atoms with Crippen LogP contribution in [0.15, 0.2) is 24.3 Å². The first-order valence-electron chi connectivity index (χ1n) is 6.29. The summed E-state index contributed by atoms with van der Waals surface area (Å²) in [6.07, 6.45) is 1.75. The van der Waals surface area contributed by atoms with E-state index in [0.717, 1.165) is 25.9 Å². The number of piperidine rings is 1. The number of anilines is 1. The van der Waals surface area contributed by atoms with E-state index < -0.39 is 0 Å². The van der Waals surface area contributed by atoms with Crippen molar-refractivity contribution in [3.63, 3.8) is 0 Å². The Hall–Kier alpha value is -1.39. The maximum atomic E-state index is 12.0. The second kappa shape index (κ2) is 7.26. The van der Waals surface area contributed by atoms with Gasteiger partial charge in [-0.1, -0.05) is 12.1 Å². The molecule has 2 N–H and O–H groups in total. The van der Waals surface area contributed by atoms with E-state index in [9.17, 15) is 9.59 Å². The molecule has 5 heteroatoms. The van der Waals surface area contributed by atoms with Gasteiger partial charge < -0.3 is 10.6 Å². The molecule has 0 unspecified atom stereocenters. The monoisotopic (exact) mass is 282 g/mol. The highest BCUT2D eigenvalue weighted by Crippen LogP contribution is 2.16. The van der Waals surface area contributed by atoms with Gasteiger partial charge in [-0.2, -0.15) is 0 Å². The second-order valence-corrected chi connectivity index (χ2v) is 4.65. The number of halogens is 1. The summed E-state index contributed by atoms with van der Waals surface area (Å²) in [5.41, 5.74) is 1.32. The number of Topliss-reactive ketones (excluding diaryl/α,β-unsaturated/α-hetero) is 1. The molecule has 4 nitrogen and oxygen atoms in total. The zero-order valence-corrected chi connectivity index (χ0v) is 11.8.